The molecule has 1 aliphatic heterocycles. The van der Waals surface area contributed by atoms with Crippen LogP contribution in [0.15, 0.2) is 65.7 Å². The number of hydrogen-bond donors (Lipinski definition) is 0. The third-order valence-corrected chi connectivity index (χ3v) is 7.58. The van der Waals surface area contributed by atoms with Crippen LogP contribution in [0.25, 0.3) is 0 Å². The lowest BCUT2D eigenvalue weighted by Crippen LogP contribution is -2.29. The van der Waals surface area contributed by atoms with Crippen molar-refractivity contribution in [3.8, 4) is 5.75 Å². The predicted octanol–water partition coefficient (Wildman–Crippen LogP) is 3.50. The number of imidazole rings is 1. The molecule has 3 aromatic rings. The summed E-state index contributed by atoms with van der Waals surface area (Å²) in [6, 6.07) is 17.0. The molecule has 0 aliphatic carbocycles. The highest BCUT2D eigenvalue weighted by atomic mass is 32.2. The number of methoxy groups -OCH3 is 1. The Labute approximate surface area is 178 Å². The zero-order valence-corrected chi connectivity index (χ0v) is 18.2. The van der Waals surface area contributed by atoms with Gasteiger partial charge in [0.15, 0.2) is 0 Å². The molecule has 4 rings (SSSR count). The summed E-state index contributed by atoms with van der Waals surface area (Å²) in [5.74, 6) is 1.81. The Balaban J connectivity index is 1.47. The first kappa shape index (κ1) is 20.6. The van der Waals surface area contributed by atoms with Crippen LogP contribution in [-0.4, -0.2) is 42.5 Å². The van der Waals surface area contributed by atoms with Gasteiger partial charge in [0.2, 0.25) is 10.0 Å². The second-order valence-electron chi connectivity index (χ2n) is 7.79. The third kappa shape index (κ3) is 4.27. The number of aromatic nitrogens is 2. The minimum Gasteiger partial charge on any atom is -0.497 e. The molecule has 1 aliphatic rings. The van der Waals surface area contributed by atoms with E-state index < -0.39 is 10.0 Å². The van der Waals surface area contributed by atoms with Crippen LogP contribution < -0.4 is 4.74 Å². The molecule has 2 aromatic carbocycles. The van der Waals surface area contributed by atoms with Crippen LogP contribution in [0.5, 0.6) is 5.75 Å². The quantitative estimate of drug-likeness (QED) is 0.581. The highest BCUT2D eigenvalue weighted by Crippen LogP contribution is 2.28. The van der Waals surface area contributed by atoms with Gasteiger partial charge in [-0.1, -0.05) is 36.4 Å². The number of ether oxygens (including phenoxy) is 1. The molecule has 0 N–H and O–H groups in total. The molecular weight excluding hydrogens is 398 g/mol. The van der Waals surface area contributed by atoms with Gasteiger partial charge in [0.1, 0.15) is 11.6 Å². The zero-order valence-electron chi connectivity index (χ0n) is 17.4. The predicted molar refractivity (Wildman–Crippen MR) is 116 cm³/mol. The van der Waals surface area contributed by atoms with Gasteiger partial charge in [0, 0.05) is 44.0 Å². The molecule has 0 radical (unpaired) electrons. The van der Waals surface area contributed by atoms with Crippen LogP contribution in [-0.2, 0) is 23.0 Å². The van der Waals surface area contributed by atoms with Crippen LogP contribution in [0.3, 0.4) is 0 Å². The van der Waals surface area contributed by atoms with Gasteiger partial charge in [-0.05, 0) is 37.0 Å². The number of rotatable bonds is 7. The Kier molecular flexibility index (Phi) is 5.92. The van der Waals surface area contributed by atoms with E-state index >= 15 is 0 Å². The lowest BCUT2D eigenvalue weighted by Gasteiger charge is -2.17. The van der Waals surface area contributed by atoms with E-state index in [-0.39, 0.29) is 10.8 Å². The van der Waals surface area contributed by atoms with Crippen molar-refractivity contribution < 1.29 is 13.2 Å². The number of hydrogen-bond acceptors (Lipinski definition) is 4. The van der Waals surface area contributed by atoms with Crippen molar-refractivity contribution in [2.45, 2.75) is 31.2 Å². The lowest BCUT2D eigenvalue weighted by molar-refractivity contribution is 0.412. The fraction of sp³-hybridized carbons (Fsp3) is 0.348. The average Bonchev–Trinajstić information content (AvgIpc) is 3.37. The van der Waals surface area contributed by atoms with Gasteiger partial charge >= 0.3 is 0 Å². The van der Waals surface area contributed by atoms with E-state index in [1.807, 2.05) is 24.4 Å². The van der Waals surface area contributed by atoms with Gasteiger partial charge in [-0.15, -0.1) is 0 Å². The number of benzene rings is 2. The average molecular weight is 426 g/mol. The molecule has 1 saturated heterocycles. The standard InChI is InChI=1S/C23H27N3O3S/c1-18-15-24-23(26(18)17-19-7-4-3-5-8-19)13-20-11-12-25(16-20)30(27,28)22-10-6-9-21(14-22)29-2/h3-10,14-15,20H,11-13,16-17H2,1-2H3. The molecule has 0 saturated carbocycles. The van der Waals surface area contributed by atoms with Crippen molar-refractivity contribution in [3.05, 3.63) is 77.9 Å². The Morgan fingerprint density at radius 1 is 1.13 bits per heavy atom. The molecule has 6 nitrogen and oxygen atoms in total. The van der Waals surface area contributed by atoms with Gasteiger partial charge in [0.05, 0.1) is 12.0 Å². The SMILES string of the molecule is COc1cccc(S(=O)(=O)N2CCC(Cc3ncc(C)n3Cc3ccccc3)C2)c1. The maximum atomic E-state index is 13.1. The minimum absolute atomic E-state index is 0.252. The molecule has 158 valence electrons. The summed E-state index contributed by atoms with van der Waals surface area (Å²) in [5, 5.41) is 0. The highest BCUT2D eigenvalue weighted by Gasteiger charge is 2.33. The normalized spacial score (nSPS) is 17.3. The largest absolute Gasteiger partial charge is 0.497 e. The Morgan fingerprint density at radius 2 is 1.93 bits per heavy atom. The van der Waals surface area contributed by atoms with Gasteiger partial charge in [-0.25, -0.2) is 13.4 Å². The highest BCUT2D eigenvalue weighted by molar-refractivity contribution is 7.89. The molecule has 0 spiro atoms. The van der Waals surface area contributed by atoms with Crippen molar-refractivity contribution in [3.63, 3.8) is 0 Å². The fourth-order valence-electron chi connectivity index (χ4n) is 4.01. The van der Waals surface area contributed by atoms with Crippen molar-refractivity contribution in [1.82, 2.24) is 13.9 Å². The van der Waals surface area contributed by atoms with E-state index in [4.69, 9.17) is 4.74 Å². The van der Waals surface area contributed by atoms with Gasteiger partial charge in [-0.3, -0.25) is 0 Å². The van der Waals surface area contributed by atoms with E-state index in [1.165, 1.54) is 12.7 Å². The first-order valence-corrected chi connectivity index (χ1v) is 11.6. The van der Waals surface area contributed by atoms with Gasteiger partial charge < -0.3 is 9.30 Å². The molecule has 1 atom stereocenters. The first-order chi connectivity index (χ1) is 14.5. The minimum atomic E-state index is -3.52. The molecular formula is C23H27N3O3S. The second-order valence-corrected chi connectivity index (χ2v) is 9.73. The first-order valence-electron chi connectivity index (χ1n) is 10.2. The van der Waals surface area contributed by atoms with E-state index in [2.05, 4.69) is 28.6 Å². The van der Waals surface area contributed by atoms with Crippen molar-refractivity contribution >= 4 is 10.0 Å². The number of aryl methyl sites for hydroxylation is 1. The molecule has 0 bridgehead atoms. The van der Waals surface area contributed by atoms with Crippen LogP contribution in [0.2, 0.25) is 0 Å². The summed E-state index contributed by atoms with van der Waals surface area (Å²) < 4.78 is 35.1. The molecule has 0 amide bonds. The Hall–Kier alpha value is -2.64. The van der Waals surface area contributed by atoms with Crippen LogP contribution >= 0.6 is 0 Å². The van der Waals surface area contributed by atoms with Crippen LogP contribution in [0.1, 0.15) is 23.5 Å². The van der Waals surface area contributed by atoms with E-state index in [1.54, 1.807) is 28.6 Å². The molecule has 30 heavy (non-hydrogen) atoms. The molecule has 2 heterocycles. The Morgan fingerprint density at radius 3 is 2.70 bits per heavy atom. The topological polar surface area (TPSA) is 64.4 Å². The maximum Gasteiger partial charge on any atom is 0.243 e. The summed E-state index contributed by atoms with van der Waals surface area (Å²) >= 11 is 0. The summed E-state index contributed by atoms with van der Waals surface area (Å²) in [6.07, 6.45) is 3.50. The van der Waals surface area contributed by atoms with E-state index in [9.17, 15) is 8.42 Å². The third-order valence-electron chi connectivity index (χ3n) is 5.72. The van der Waals surface area contributed by atoms with E-state index in [0.29, 0.717) is 18.8 Å². The lowest BCUT2D eigenvalue weighted by atomic mass is 10.0. The monoisotopic (exact) mass is 425 g/mol. The molecule has 7 heteroatoms. The van der Waals surface area contributed by atoms with E-state index in [0.717, 1.165) is 30.9 Å². The summed E-state index contributed by atoms with van der Waals surface area (Å²) in [7, 11) is -1.98. The van der Waals surface area contributed by atoms with Crippen molar-refractivity contribution in [1.29, 1.82) is 0 Å². The van der Waals surface area contributed by atoms with Crippen LogP contribution in [0, 0.1) is 12.8 Å². The summed E-state index contributed by atoms with van der Waals surface area (Å²) in [6.45, 7) is 3.88. The molecule has 1 unspecified atom stereocenters. The van der Waals surface area contributed by atoms with Gasteiger partial charge in [0.25, 0.3) is 0 Å². The fourth-order valence-corrected chi connectivity index (χ4v) is 5.57. The Bertz CT molecular complexity index is 1110. The second kappa shape index (κ2) is 8.62. The number of nitrogens with zero attached hydrogens (tertiary/aromatic N) is 3. The van der Waals surface area contributed by atoms with Crippen molar-refractivity contribution in [2.75, 3.05) is 20.2 Å². The smallest absolute Gasteiger partial charge is 0.243 e. The van der Waals surface area contributed by atoms with Crippen molar-refractivity contribution in [2.24, 2.45) is 5.92 Å². The summed E-state index contributed by atoms with van der Waals surface area (Å²) in [4.78, 5) is 4.90. The zero-order chi connectivity index (χ0) is 21.1. The molecule has 1 fully saturated rings. The number of sulfonamides is 1. The maximum absolute atomic E-state index is 13.1. The van der Waals surface area contributed by atoms with Gasteiger partial charge in [-0.2, -0.15) is 4.31 Å². The summed E-state index contributed by atoms with van der Waals surface area (Å²) in [5.41, 5.74) is 2.35. The molecule has 1 aromatic heterocycles. The van der Waals surface area contributed by atoms with Crippen LogP contribution in [0.4, 0.5) is 0 Å².